The van der Waals surface area contributed by atoms with Crippen molar-refractivity contribution in [1.82, 2.24) is 9.97 Å². The van der Waals surface area contributed by atoms with Gasteiger partial charge in [0.25, 0.3) is 0 Å². The lowest BCUT2D eigenvalue weighted by Crippen LogP contribution is -2.14. The van der Waals surface area contributed by atoms with Crippen LogP contribution in [0.5, 0.6) is 0 Å². The van der Waals surface area contributed by atoms with Crippen LogP contribution in [-0.4, -0.2) is 47.1 Å². The van der Waals surface area contributed by atoms with Crippen LogP contribution in [0, 0.1) is 13.8 Å². The Kier molecular flexibility index (Phi) is 10.2. The van der Waals surface area contributed by atoms with E-state index in [4.69, 9.17) is 18.9 Å². The average molecular weight is 587 g/mol. The first-order valence-electron chi connectivity index (χ1n) is 13.9. The van der Waals surface area contributed by atoms with Gasteiger partial charge in [-0.25, -0.2) is 19.2 Å². The van der Waals surface area contributed by atoms with Gasteiger partial charge in [-0.15, -0.1) is 0 Å². The number of H-pyrrole nitrogens is 2. The quantitative estimate of drug-likeness (QED) is 0.161. The molecule has 0 fully saturated rings. The van der Waals surface area contributed by atoms with E-state index in [-0.39, 0.29) is 55.4 Å². The Hall–Kier alpha value is -5.12. The maximum Gasteiger partial charge on any atom is 0.355 e. The molecule has 4 aromatic rings. The van der Waals surface area contributed by atoms with Crippen molar-refractivity contribution in [2.75, 3.05) is 13.2 Å². The first kappa shape index (κ1) is 30.8. The molecule has 0 atom stereocenters. The minimum absolute atomic E-state index is 0.00657. The summed E-state index contributed by atoms with van der Waals surface area (Å²) in [5, 5.41) is 0. The van der Waals surface area contributed by atoms with Gasteiger partial charge >= 0.3 is 23.9 Å². The highest BCUT2D eigenvalue weighted by molar-refractivity contribution is 6.04. The Morgan fingerprint density at radius 2 is 1.02 bits per heavy atom. The first-order valence-corrected chi connectivity index (χ1v) is 13.9. The summed E-state index contributed by atoms with van der Waals surface area (Å²) in [6.45, 7) is 6.94. The van der Waals surface area contributed by atoms with Crippen LogP contribution < -0.4 is 0 Å². The molecule has 0 aliphatic carbocycles. The van der Waals surface area contributed by atoms with Gasteiger partial charge in [0.15, 0.2) is 0 Å². The third-order valence-electron chi connectivity index (χ3n) is 6.83. The Labute approximate surface area is 249 Å². The van der Waals surface area contributed by atoms with Crippen molar-refractivity contribution < 1.29 is 38.1 Å². The molecule has 224 valence electrons. The predicted octanol–water partition coefficient (Wildman–Crippen LogP) is 5.62. The standard InChI is InChI=1S/C33H34N2O8/c1-5-40-30(36)26-21(4)28(32(38)42-18-22-13-9-7-10-14-22)35-25(26)17-24-20(3)27(31(37)41-6-2)29(34-24)33(39)43-19-23-15-11-8-12-16-23/h7-16,34-35H,5-6,17-19H2,1-4H3. The molecule has 0 spiro atoms. The molecule has 0 bridgehead atoms. The third-order valence-corrected chi connectivity index (χ3v) is 6.83. The zero-order chi connectivity index (χ0) is 30.9. The molecule has 0 saturated carbocycles. The average Bonchev–Trinajstić information content (AvgIpc) is 3.52. The topological polar surface area (TPSA) is 137 Å². The van der Waals surface area contributed by atoms with Crippen molar-refractivity contribution in [2.24, 2.45) is 0 Å². The molecule has 0 aliphatic rings. The van der Waals surface area contributed by atoms with Gasteiger partial charge in [0.05, 0.1) is 24.3 Å². The molecule has 0 amide bonds. The van der Waals surface area contributed by atoms with Crippen LogP contribution in [-0.2, 0) is 38.6 Å². The molecule has 2 aromatic heterocycles. The molecular weight excluding hydrogens is 552 g/mol. The summed E-state index contributed by atoms with van der Waals surface area (Å²) in [5.41, 5.74) is 3.46. The van der Waals surface area contributed by atoms with Gasteiger partial charge in [-0.05, 0) is 49.9 Å². The number of carbonyl (C=O) groups is 4. The fourth-order valence-corrected chi connectivity index (χ4v) is 4.68. The molecule has 0 radical (unpaired) electrons. The number of nitrogens with one attached hydrogen (secondary N) is 2. The summed E-state index contributed by atoms with van der Waals surface area (Å²) >= 11 is 0. The second-order valence-electron chi connectivity index (χ2n) is 9.70. The number of benzene rings is 2. The zero-order valence-corrected chi connectivity index (χ0v) is 24.6. The molecular formula is C33H34N2O8. The predicted molar refractivity (Wildman–Crippen MR) is 157 cm³/mol. The van der Waals surface area contributed by atoms with Crippen molar-refractivity contribution in [1.29, 1.82) is 0 Å². The first-order chi connectivity index (χ1) is 20.7. The molecule has 10 nitrogen and oxygen atoms in total. The van der Waals surface area contributed by atoms with Crippen molar-refractivity contribution in [3.8, 4) is 0 Å². The monoisotopic (exact) mass is 586 g/mol. The Morgan fingerprint density at radius 3 is 1.53 bits per heavy atom. The number of hydrogen-bond acceptors (Lipinski definition) is 8. The molecule has 10 heteroatoms. The van der Waals surface area contributed by atoms with Gasteiger partial charge < -0.3 is 28.9 Å². The van der Waals surface area contributed by atoms with Crippen LogP contribution in [0.1, 0.15) is 89.2 Å². The highest BCUT2D eigenvalue weighted by atomic mass is 16.5. The molecule has 0 unspecified atom stereocenters. The highest BCUT2D eigenvalue weighted by Crippen LogP contribution is 2.27. The van der Waals surface area contributed by atoms with Gasteiger partial charge in [0.1, 0.15) is 24.6 Å². The van der Waals surface area contributed by atoms with Crippen LogP contribution in [0.15, 0.2) is 60.7 Å². The van der Waals surface area contributed by atoms with Crippen molar-refractivity contribution in [3.05, 3.63) is 117 Å². The van der Waals surface area contributed by atoms with E-state index in [1.807, 2.05) is 60.7 Å². The van der Waals surface area contributed by atoms with E-state index in [0.717, 1.165) is 11.1 Å². The van der Waals surface area contributed by atoms with Crippen molar-refractivity contribution in [3.63, 3.8) is 0 Å². The van der Waals surface area contributed by atoms with Crippen LogP contribution >= 0.6 is 0 Å². The lowest BCUT2D eigenvalue weighted by Gasteiger charge is -2.06. The van der Waals surface area contributed by atoms with Crippen molar-refractivity contribution in [2.45, 2.75) is 47.3 Å². The van der Waals surface area contributed by atoms with E-state index in [0.29, 0.717) is 22.5 Å². The second kappa shape index (κ2) is 14.2. The smallest absolute Gasteiger partial charge is 0.355 e. The largest absolute Gasteiger partial charge is 0.462 e. The summed E-state index contributed by atoms with van der Waals surface area (Å²) in [4.78, 5) is 58.2. The van der Waals surface area contributed by atoms with Crippen LogP contribution in [0.3, 0.4) is 0 Å². The van der Waals surface area contributed by atoms with Crippen LogP contribution in [0.2, 0.25) is 0 Å². The normalized spacial score (nSPS) is 10.7. The van der Waals surface area contributed by atoms with Gasteiger partial charge in [-0.2, -0.15) is 0 Å². The molecule has 0 aliphatic heterocycles. The van der Waals surface area contributed by atoms with Crippen LogP contribution in [0.25, 0.3) is 0 Å². The summed E-state index contributed by atoms with van der Waals surface area (Å²) in [6, 6.07) is 18.4. The molecule has 43 heavy (non-hydrogen) atoms. The van der Waals surface area contributed by atoms with E-state index in [9.17, 15) is 19.2 Å². The van der Waals surface area contributed by atoms with E-state index < -0.39 is 23.9 Å². The van der Waals surface area contributed by atoms with Gasteiger partial charge in [-0.1, -0.05) is 60.7 Å². The summed E-state index contributed by atoms with van der Waals surface area (Å²) < 4.78 is 21.5. The minimum atomic E-state index is -0.736. The lowest BCUT2D eigenvalue weighted by molar-refractivity contribution is 0.0439. The fourth-order valence-electron chi connectivity index (χ4n) is 4.68. The van der Waals surface area contributed by atoms with E-state index >= 15 is 0 Å². The number of ether oxygens (including phenoxy) is 4. The van der Waals surface area contributed by atoms with Gasteiger partial charge in [-0.3, -0.25) is 0 Å². The fraction of sp³-hybridized carbons (Fsp3) is 0.273. The third kappa shape index (κ3) is 7.21. The van der Waals surface area contributed by atoms with Crippen LogP contribution in [0.4, 0.5) is 0 Å². The van der Waals surface area contributed by atoms with E-state index in [1.54, 1.807) is 27.7 Å². The molecule has 2 heterocycles. The number of rotatable bonds is 12. The number of carbonyl (C=O) groups excluding carboxylic acids is 4. The maximum atomic E-state index is 13.2. The molecule has 0 saturated heterocycles. The molecule has 4 rings (SSSR count). The number of esters is 4. The van der Waals surface area contributed by atoms with Crippen molar-refractivity contribution >= 4 is 23.9 Å². The van der Waals surface area contributed by atoms with E-state index in [1.165, 1.54) is 0 Å². The summed E-state index contributed by atoms with van der Waals surface area (Å²) in [6.07, 6.45) is 0.0329. The Bertz CT molecular complexity index is 1600. The summed E-state index contributed by atoms with van der Waals surface area (Å²) in [7, 11) is 0. The van der Waals surface area contributed by atoms with E-state index in [2.05, 4.69) is 9.97 Å². The molecule has 2 N–H and O–H groups in total. The Morgan fingerprint density at radius 1 is 0.558 bits per heavy atom. The molecule has 2 aromatic carbocycles. The number of hydrogen-bond donors (Lipinski definition) is 2. The lowest BCUT2D eigenvalue weighted by atomic mass is 10.0. The van der Waals surface area contributed by atoms with Gasteiger partial charge in [0, 0.05) is 17.8 Å². The second-order valence-corrected chi connectivity index (χ2v) is 9.70. The number of aromatic nitrogens is 2. The zero-order valence-electron chi connectivity index (χ0n) is 24.6. The SMILES string of the molecule is CCOC(=O)c1c(Cc2[nH]c(C(=O)OCc3ccccc3)c(C(=O)OCC)c2C)[nH]c(C(=O)OCc2ccccc2)c1C. The Balaban J connectivity index is 1.67. The number of aromatic amines is 2. The highest BCUT2D eigenvalue weighted by Gasteiger charge is 2.30. The summed E-state index contributed by atoms with van der Waals surface area (Å²) in [5.74, 6) is -2.68. The minimum Gasteiger partial charge on any atom is -0.462 e. The maximum absolute atomic E-state index is 13.2. The van der Waals surface area contributed by atoms with Gasteiger partial charge in [0.2, 0.25) is 0 Å².